The fourth-order valence-corrected chi connectivity index (χ4v) is 5.81. The van der Waals surface area contributed by atoms with Crippen LogP contribution >= 0.6 is 11.3 Å². The number of Topliss-reactive ketones (excluding diaryl/α,β-unsaturated/α-hetero) is 1. The highest BCUT2D eigenvalue weighted by atomic mass is 32.1. The molecule has 0 radical (unpaired) electrons. The molecule has 1 saturated heterocycles. The van der Waals surface area contributed by atoms with Crippen LogP contribution in [0.15, 0.2) is 42.5 Å². The van der Waals surface area contributed by atoms with Crippen LogP contribution in [0.1, 0.15) is 48.8 Å². The Bertz CT molecular complexity index is 1230. The SMILES string of the molecule is CC(=O)c1ccc(-c2ccc3c4c(ccc3c2)O[C@@H](CNC(=O)[C@@H]2CCOC(C)(C)C2)C4)s1. The molecule has 5 nitrogen and oxygen atoms in total. The zero-order valence-corrected chi connectivity index (χ0v) is 20.1. The molecule has 1 N–H and O–H groups in total. The van der Waals surface area contributed by atoms with Gasteiger partial charge in [0, 0.05) is 29.4 Å². The topological polar surface area (TPSA) is 64.6 Å². The number of carbonyl (C=O) groups excluding carboxylic acids is 2. The number of hydrogen-bond acceptors (Lipinski definition) is 5. The van der Waals surface area contributed by atoms with E-state index in [1.165, 1.54) is 22.3 Å². The van der Waals surface area contributed by atoms with Crippen molar-refractivity contribution in [3.63, 3.8) is 0 Å². The molecule has 0 spiro atoms. The van der Waals surface area contributed by atoms with E-state index >= 15 is 0 Å². The molecule has 33 heavy (non-hydrogen) atoms. The number of amides is 1. The normalized spacial score (nSPS) is 21.4. The highest BCUT2D eigenvalue weighted by Crippen LogP contribution is 2.38. The van der Waals surface area contributed by atoms with Crippen molar-refractivity contribution in [1.82, 2.24) is 5.32 Å². The van der Waals surface area contributed by atoms with Crippen molar-refractivity contribution in [2.24, 2.45) is 5.92 Å². The van der Waals surface area contributed by atoms with Gasteiger partial charge < -0.3 is 14.8 Å². The standard InChI is InChI=1S/C27H29NO4S/c1-16(29)24-8-9-25(33-24)18-4-6-21-17(12-18)5-7-23-22(21)13-20(32-23)15-28-26(30)19-10-11-31-27(2,3)14-19/h4-9,12,19-20H,10-11,13-15H2,1-3H3,(H,28,30)/t19-,20-/m1/s1. The van der Waals surface area contributed by atoms with E-state index in [-0.39, 0.29) is 29.3 Å². The van der Waals surface area contributed by atoms with Gasteiger partial charge in [-0.15, -0.1) is 11.3 Å². The zero-order valence-electron chi connectivity index (χ0n) is 19.3. The minimum Gasteiger partial charge on any atom is -0.488 e. The van der Waals surface area contributed by atoms with E-state index < -0.39 is 0 Å². The molecular formula is C27H29NO4S. The van der Waals surface area contributed by atoms with E-state index in [0.29, 0.717) is 13.2 Å². The lowest BCUT2D eigenvalue weighted by atomic mass is 9.88. The molecule has 1 fully saturated rings. The summed E-state index contributed by atoms with van der Waals surface area (Å²) in [7, 11) is 0. The van der Waals surface area contributed by atoms with Crippen molar-refractivity contribution in [2.75, 3.05) is 13.2 Å². The molecule has 0 bridgehead atoms. The van der Waals surface area contributed by atoms with Crippen LogP contribution in [-0.4, -0.2) is 36.5 Å². The van der Waals surface area contributed by atoms with E-state index in [4.69, 9.17) is 9.47 Å². The predicted octanol–water partition coefficient (Wildman–Crippen LogP) is 5.40. The monoisotopic (exact) mass is 463 g/mol. The predicted molar refractivity (Wildman–Crippen MR) is 131 cm³/mol. The summed E-state index contributed by atoms with van der Waals surface area (Å²) < 4.78 is 11.9. The molecule has 2 atom stereocenters. The quantitative estimate of drug-likeness (QED) is 0.515. The van der Waals surface area contributed by atoms with E-state index in [2.05, 4.69) is 29.6 Å². The third-order valence-corrected chi connectivity index (χ3v) is 7.86. The zero-order chi connectivity index (χ0) is 23.2. The average molecular weight is 464 g/mol. The van der Waals surface area contributed by atoms with Crippen molar-refractivity contribution in [3.05, 3.63) is 52.9 Å². The Labute approximate surface area is 198 Å². The summed E-state index contributed by atoms with van der Waals surface area (Å²) in [4.78, 5) is 26.2. The fourth-order valence-electron chi connectivity index (χ4n) is 4.91. The Kier molecular flexibility index (Phi) is 5.75. The number of thiophene rings is 1. The number of ketones is 1. The summed E-state index contributed by atoms with van der Waals surface area (Å²) in [5, 5.41) is 5.45. The number of fused-ring (bicyclic) bond motifs is 3. The maximum absolute atomic E-state index is 12.7. The van der Waals surface area contributed by atoms with Crippen LogP contribution in [0.25, 0.3) is 21.2 Å². The Morgan fingerprint density at radius 1 is 1.15 bits per heavy atom. The van der Waals surface area contributed by atoms with Gasteiger partial charge in [-0.2, -0.15) is 0 Å². The highest BCUT2D eigenvalue weighted by Gasteiger charge is 2.33. The van der Waals surface area contributed by atoms with Crippen LogP contribution in [0.5, 0.6) is 5.75 Å². The number of carbonyl (C=O) groups is 2. The summed E-state index contributed by atoms with van der Waals surface area (Å²) in [6, 6.07) is 14.4. The first-order valence-electron chi connectivity index (χ1n) is 11.5. The molecule has 3 aromatic rings. The van der Waals surface area contributed by atoms with E-state index in [9.17, 15) is 9.59 Å². The van der Waals surface area contributed by atoms with Crippen LogP contribution < -0.4 is 10.1 Å². The van der Waals surface area contributed by atoms with Gasteiger partial charge in [0.15, 0.2) is 5.78 Å². The minimum atomic E-state index is -0.241. The van der Waals surface area contributed by atoms with Crippen LogP contribution in [-0.2, 0) is 16.0 Å². The van der Waals surface area contributed by atoms with Crippen LogP contribution in [0.2, 0.25) is 0 Å². The summed E-state index contributed by atoms with van der Waals surface area (Å²) in [5.41, 5.74) is 2.07. The van der Waals surface area contributed by atoms with Crippen LogP contribution in [0.3, 0.4) is 0 Å². The second kappa shape index (κ2) is 8.58. The highest BCUT2D eigenvalue weighted by molar-refractivity contribution is 7.17. The van der Waals surface area contributed by atoms with Gasteiger partial charge in [0.2, 0.25) is 5.91 Å². The largest absolute Gasteiger partial charge is 0.488 e. The smallest absolute Gasteiger partial charge is 0.223 e. The summed E-state index contributed by atoms with van der Waals surface area (Å²) in [6.45, 7) is 6.82. The van der Waals surface area contributed by atoms with E-state index in [1.807, 2.05) is 32.0 Å². The number of hydrogen-bond donors (Lipinski definition) is 1. The van der Waals surface area contributed by atoms with Gasteiger partial charge in [0.1, 0.15) is 11.9 Å². The number of ether oxygens (including phenoxy) is 2. The summed E-state index contributed by atoms with van der Waals surface area (Å²) in [6.07, 6.45) is 2.23. The Morgan fingerprint density at radius 2 is 2.00 bits per heavy atom. The molecule has 0 unspecified atom stereocenters. The van der Waals surface area contributed by atoms with Crippen molar-refractivity contribution in [1.29, 1.82) is 0 Å². The maximum Gasteiger partial charge on any atom is 0.223 e. The van der Waals surface area contributed by atoms with Crippen molar-refractivity contribution >= 4 is 33.8 Å². The molecule has 2 aromatic carbocycles. The second-order valence-electron chi connectivity index (χ2n) is 9.69. The molecular weight excluding hydrogens is 434 g/mol. The van der Waals surface area contributed by atoms with Gasteiger partial charge in [0.05, 0.1) is 17.0 Å². The molecule has 5 rings (SSSR count). The molecule has 0 aliphatic carbocycles. The average Bonchev–Trinajstić information content (AvgIpc) is 3.44. The van der Waals surface area contributed by atoms with Crippen molar-refractivity contribution < 1.29 is 19.1 Å². The molecule has 0 saturated carbocycles. The lowest BCUT2D eigenvalue weighted by molar-refractivity contribution is -0.135. The molecule has 6 heteroatoms. The van der Waals surface area contributed by atoms with Gasteiger partial charge >= 0.3 is 0 Å². The molecule has 172 valence electrons. The number of rotatable bonds is 5. The van der Waals surface area contributed by atoms with Gasteiger partial charge in [-0.1, -0.05) is 18.2 Å². The maximum atomic E-state index is 12.7. The Hall–Kier alpha value is -2.70. The van der Waals surface area contributed by atoms with Gasteiger partial charge in [-0.05, 0) is 74.2 Å². The van der Waals surface area contributed by atoms with E-state index in [1.54, 1.807) is 6.92 Å². The van der Waals surface area contributed by atoms with E-state index in [0.717, 1.165) is 45.7 Å². The van der Waals surface area contributed by atoms with Crippen molar-refractivity contribution in [2.45, 2.75) is 51.7 Å². The first kappa shape index (κ1) is 22.1. The molecule has 3 heterocycles. The fraction of sp³-hybridized carbons (Fsp3) is 0.407. The molecule has 2 aliphatic rings. The van der Waals surface area contributed by atoms with Gasteiger partial charge in [0.25, 0.3) is 0 Å². The van der Waals surface area contributed by atoms with Gasteiger partial charge in [-0.3, -0.25) is 9.59 Å². The first-order chi connectivity index (χ1) is 15.8. The first-order valence-corrected chi connectivity index (χ1v) is 12.4. The number of nitrogens with one attached hydrogen (secondary N) is 1. The van der Waals surface area contributed by atoms with Gasteiger partial charge in [-0.25, -0.2) is 0 Å². The number of benzene rings is 2. The Balaban J connectivity index is 1.27. The summed E-state index contributed by atoms with van der Waals surface area (Å²) >= 11 is 1.53. The molecule has 1 amide bonds. The second-order valence-corrected chi connectivity index (χ2v) is 10.8. The van der Waals surface area contributed by atoms with Crippen molar-refractivity contribution in [3.8, 4) is 16.2 Å². The Morgan fingerprint density at radius 3 is 2.76 bits per heavy atom. The lowest BCUT2D eigenvalue weighted by Crippen LogP contribution is -2.43. The molecule has 1 aromatic heterocycles. The molecule has 2 aliphatic heterocycles. The van der Waals surface area contributed by atoms with Crippen LogP contribution in [0.4, 0.5) is 0 Å². The third-order valence-electron chi connectivity index (χ3n) is 6.62. The van der Waals surface area contributed by atoms with Crippen LogP contribution in [0, 0.1) is 5.92 Å². The minimum absolute atomic E-state index is 0.00227. The summed E-state index contributed by atoms with van der Waals surface area (Å²) in [5.74, 6) is 1.09. The third kappa shape index (κ3) is 4.55. The lowest BCUT2D eigenvalue weighted by Gasteiger charge is -2.34.